The van der Waals surface area contributed by atoms with Gasteiger partial charge in [-0.2, -0.15) is 13.2 Å². The minimum absolute atomic E-state index is 0.0261. The first-order chi connectivity index (χ1) is 10.4. The molecule has 9 heteroatoms. The summed E-state index contributed by atoms with van der Waals surface area (Å²) in [5, 5.41) is 8.53. The summed E-state index contributed by atoms with van der Waals surface area (Å²) in [5.41, 5.74) is -0.391. The van der Waals surface area contributed by atoms with Crippen molar-refractivity contribution in [1.82, 2.24) is 10.2 Å². The summed E-state index contributed by atoms with van der Waals surface area (Å²) in [6.07, 6.45) is -5.46. The molecule has 0 fully saturated rings. The lowest BCUT2D eigenvalue weighted by molar-refractivity contribution is -0.141. The van der Waals surface area contributed by atoms with E-state index in [1.807, 2.05) is 6.07 Å². The number of hydrogen-bond donors (Lipinski definition) is 1. The topological polar surface area (TPSA) is 64.1 Å². The summed E-state index contributed by atoms with van der Waals surface area (Å²) in [4.78, 5) is 11.6. The van der Waals surface area contributed by atoms with E-state index in [-0.39, 0.29) is 16.9 Å². The van der Waals surface area contributed by atoms with E-state index in [9.17, 15) is 18.0 Å². The first-order valence-corrected chi connectivity index (χ1v) is 6.73. The zero-order valence-corrected chi connectivity index (χ0v) is 12.5. The first-order valence-electron chi connectivity index (χ1n) is 5.94. The average Bonchev–Trinajstić information content (AvgIpc) is 2.47. The van der Waals surface area contributed by atoms with Crippen LogP contribution in [0, 0.1) is 0 Å². The Morgan fingerprint density at radius 1 is 1.23 bits per heavy atom. The fourth-order valence-corrected chi connectivity index (χ4v) is 1.84. The van der Waals surface area contributed by atoms with Crippen LogP contribution in [0.1, 0.15) is 11.3 Å². The number of alkyl halides is 3. The lowest BCUT2D eigenvalue weighted by Crippen LogP contribution is -2.17. The van der Waals surface area contributed by atoms with Crippen LogP contribution >= 0.6 is 15.9 Å². The van der Waals surface area contributed by atoms with Crippen molar-refractivity contribution in [2.45, 2.75) is 12.8 Å². The third kappa shape index (κ3) is 4.42. The molecule has 5 nitrogen and oxygen atoms in total. The van der Waals surface area contributed by atoms with Crippen molar-refractivity contribution in [3.8, 4) is 0 Å². The van der Waals surface area contributed by atoms with Gasteiger partial charge in [0.15, 0.2) is 11.5 Å². The smallest absolute Gasteiger partial charge is 0.435 e. The lowest BCUT2D eigenvalue weighted by atomic mass is 10.2. The molecule has 0 saturated heterocycles. The zero-order chi connectivity index (χ0) is 16.2. The molecule has 0 aliphatic heterocycles. The Labute approximate surface area is 131 Å². The fourth-order valence-electron chi connectivity index (χ4n) is 1.45. The number of amides is 1. The van der Waals surface area contributed by atoms with Gasteiger partial charge in [-0.1, -0.05) is 30.3 Å². The number of aromatic nitrogens is 2. The quantitative estimate of drug-likeness (QED) is 0.880. The van der Waals surface area contributed by atoms with Gasteiger partial charge in [-0.3, -0.25) is 5.32 Å². The highest BCUT2D eigenvalue weighted by atomic mass is 79.9. The summed E-state index contributed by atoms with van der Waals surface area (Å²) in [6, 6.07) is 9.64. The SMILES string of the molecule is O=C(Nc1nnc(C(F)(F)F)cc1Br)OCc1ccccc1. The number of carbonyl (C=O) groups is 1. The van der Waals surface area contributed by atoms with Gasteiger partial charge in [-0.15, -0.1) is 10.2 Å². The Bertz CT molecular complexity index is 665. The summed E-state index contributed by atoms with van der Waals surface area (Å²) >= 11 is 2.89. The highest BCUT2D eigenvalue weighted by Gasteiger charge is 2.33. The Morgan fingerprint density at radius 2 is 1.91 bits per heavy atom. The molecule has 0 aliphatic carbocycles. The second-order valence-corrected chi connectivity index (χ2v) is 4.96. The predicted molar refractivity (Wildman–Crippen MR) is 75.0 cm³/mol. The van der Waals surface area contributed by atoms with Gasteiger partial charge in [0.25, 0.3) is 0 Å². The molecule has 0 unspecified atom stereocenters. The molecule has 2 rings (SSSR count). The van der Waals surface area contributed by atoms with Crippen LogP contribution in [0.25, 0.3) is 0 Å². The second-order valence-electron chi connectivity index (χ2n) is 4.11. The van der Waals surface area contributed by atoms with Crippen molar-refractivity contribution in [2.75, 3.05) is 5.32 Å². The maximum atomic E-state index is 12.4. The van der Waals surface area contributed by atoms with Gasteiger partial charge in [-0.25, -0.2) is 4.79 Å². The van der Waals surface area contributed by atoms with Gasteiger partial charge in [-0.05, 0) is 27.6 Å². The molecule has 1 aromatic carbocycles. The molecule has 22 heavy (non-hydrogen) atoms. The van der Waals surface area contributed by atoms with Gasteiger partial charge in [0.2, 0.25) is 0 Å². The molecule has 2 aromatic rings. The number of hydrogen-bond acceptors (Lipinski definition) is 4. The van der Waals surface area contributed by atoms with Crippen molar-refractivity contribution in [3.63, 3.8) is 0 Å². The summed E-state index contributed by atoms with van der Waals surface area (Å²) in [7, 11) is 0. The summed E-state index contributed by atoms with van der Waals surface area (Å²) < 4.78 is 42.2. The van der Waals surface area contributed by atoms with Crippen molar-refractivity contribution in [1.29, 1.82) is 0 Å². The van der Waals surface area contributed by atoms with Crippen molar-refractivity contribution in [3.05, 3.63) is 52.1 Å². The van der Waals surface area contributed by atoms with Crippen LogP contribution in [0.5, 0.6) is 0 Å². The molecule has 0 aliphatic rings. The van der Waals surface area contributed by atoms with Crippen molar-refractivity contribution in [2.24, 2.45) is 0 Å². The Morgan fingerprint density at radius 3 is 2.50 bits per heavy atom. The molecular weight excluding hydrogens is 367 g/mol. The molecule has 1 heterocycles. The van der Waals surface area contributed by atoms with Gasteiger partial charge < -0.3 is 4.74 Å². The molecule has 1 N–H and O–H groups in total. The average molecular weight is 376 g/mol. The number of carbonyl (C=O) groups excluding carboxylic acids is 1. The third-order valence-electron chi connectivity index (χ3n) is 2.47. The van der Waals surface area contributed by atoms with Crippen LogP contribution in [-0.4, -0.2) is 16.3 Å². The molecule has 0 radical (unpaired) electrons. The van der Waals surface area contributed by atoms with Crippen LogP contribution in [-0.2, 0) is 17.5 Å². The monoisotopic (exact) mass is 375 g/mol. The molecule has 0 spiro atoms. The molecule has 0 saturated carbocycles. The van der Waals surface area contributed by atoms with E-state index >= 15 is 0 Å². The molecule has 0 bridgehead atoms. The van der Waals surface area contributed by atoms with Crippen LogP contribution < -0.4 is 5.32 Å². The number of halogens is 4. The summed E-state index contributed by atoms with van der Waals surface area (Å²) in [5.74, 6) is -0.161. The normalized spacial score (nSPS) is 11.1. The maximum absolute atomic E-state index is 12.4. The summed E-state index contributed by atoms with van der Waals surface area (Å²) in [6.45, 7) is 0.0261. The zero-order valence-electron chi connectivity index (χ0n) is 10.9. The maximum Gasteiger partial charge on any atom is 0.435 e. The molecule has 116 valence electrons. The van der Waals surface area contributed by atoms with Gasteiger partial charge >= 0.3 is 12.3 Å². The third-order valence-corrected chi connectivity index (χ3v) is 3.08. The molecule has 1 aromatic heterocycles. The number of ether oxygens (including phenoxy) is 1. The largest absolute Gasteiger partial charge is 0.444 e. The van der Waals surface area contributed by atoms with Gasteiger partial charge in [0, 0.05) is 0 Å². The van der Waals surface area contributed by atoms with E-state index in [0.717, 1.165) is 11.6 Å². The van der Waals surface area contributed by atoms with Crippen LogP contribution in [0.15, 0.2) is 40.9 Å². The van der Waals surface area contributed by atoms with Crippen LogP contribution in [0.2, 0.25) is 0 Å². The van der Waals surface area contributed by atoms with E-state index in [2.05, 4.69) is 31.4 Å². The lowest BCUT2D eigenvalue weighted by Gasteiger charge is -2.09. The minimum atomic E-state index is -4.61. The molecular formula is C13H9BrF3N3O2. The van der Waals surface area contributed by atoms with E-state index in [4.69, 9.17) is 4.74 Å². The molecule has 0 atom stereocenters. The van der Waals surface area contributed by atoms with Gasteiger partial charge in [0.05, 0.1) is 4.47 Å². The standard InChI is InChI=1S/C13H9BrF3N3O2/c14-9-6-10(13(15,16)17)19-20-11(9)18-12(21)22-7-8-4-2-1-3-5-8/h1-6H,7H2,(H,18,20,21). The van der Waals surface area contributed by atoms with E-state index in [1.54, 1.807) is 24.3 Å². The van der Waals surface area contributed by atoms with Crippen molar-refractivity contribution < 1.29 is 22.7 Å². The van der Waals surface area contributed by atoms with E-state index in [1.165, 1.54) is 0 Å². The minimum Gasteiger partial charge on any atom is -0.444 e. The second kappa shape index (κ2) is 6.73. The van der Waals surface area contributed by atoms with Crippen LogP contribution in [0.3, 0.4) is 0 Å². The highest BCUT2D eigenvalue weighted by Crippen LogP contribution is 2.30. The number of benzene rings is 1. The highest BCUT2D eigenvalue weighted by molar-refractivity contribution is 9.10. The Kier molecular flexibility index (Phi) is 4.96. The van der Waals surface area contributed by atoms with Gasteiger partial charge in [0.1, 0.15) is 6.61 Å². The fraction of sp³-hybridized carbons (Fsp3) is 0.154. The van der Waals surface area contributed by atoms with Crippen LogP contribution in [0.4, 0.5) is 23.8 Å². The Balaban J connectivity index is 1.97. The van der Waals surface area contributed by atoms with Crippen molar-refractivity contribution >= 4 is 27.8 Å². The first kappa shape index (κ1) is 16.2. The number of anilines is 1. The predicted octanol–water partition coefficient (Wildman–Crippen LogP) is 4.01. The Hall–Kier alpha value is -2.16. The number of nitrogens with one attached hydrogen (secondary N) is 1. The number of rotatable bonds is 3. The molecule has 1 amide bonds. The number of nitrogens with zero attached hydrogens (tertiary/aromatic N) is 2. The van der Waals surface area contributed by atoms with E-state index < -0.39 is 18.0 Å². The van der Waals surface area contributed by atoms with E-state index in [0.29, 0.717) is 0 Å².